The van der Waals surface area contributed by atoms with Gasteiger partial charge in [-0.05, 0) is 48.5 Å². The Kier molecular flexibility index (Phi) is 5.17. The number of anilines is 2. The SMILES string of the molecule is O=C(Nc1nnc([C@@H]2CC(=O)N(c3ccc(F)cc3)C2)o1)c1ccc(C(F)(F)F)cc1. The molecule has 2 aromatic carbocycles. The van der Waals surface area contributed by atoms with Crippen molar-refractivity contribution in [3.63, 3.8) is 0 Å². The van der Waals surface area contributed by atoms with Crippen molar-refractivity contribution in [2.24, 2.45) is 0 Å². The summed E-state index contributed by atoms with van der Waals surface area (Å²) in [4.78, 5) is 26.0. The van der Waals surface area contributed by atoms with Crippen molar-refractivity contribution in [3.8, 4) is 0 Å². The summed E-state index contributed by atoms with van der Waals surface area (Å²) in [7, 11) is 0. The molecule has 160 valence electrons. The van der Waals surface area contributed by atoms with Crippen molar-refractivity contribution in [3.05, 3.63) is 71.4 Å². The van der Waals surface area contributed by atoms with Gasteiger partial charge in [-0.1, -0.05) is 5.10 Å². The minimum atomic E-state index is -4.50. The van der Waals surface area contributed by atoms with Gasteiger partial charge in [-0.2, -0.15) is 13.2 Å². The molecule has 7 nitrogen and oxygen atoms in total. The molecular formula is C20H14F4N4O3. The van der Waals surface area contributed by atoms with E-state index in [1.165, 1.54) is 29.2 Å². The monoisotopic (exact) mass is 434 g/mol. The molecule has 1 aliphatic heterocycles. The van der Waals surface area contributed by atoms with Gasteiger partial charge >= 0.3 is 12.2 Å². The van der Waals surface area contributed by atoms with Crippen LogP contribution in [0.5, 0.6) is 0 Å². The highest BCUT2D eigenvalue weighted by atomic mass is 19.4. The van der Waals surface area contributed by atoms with Gasteiger partial charge in [-0.3, -0.25) is 14.9 Å². The number of hydrogen-bond acceptors (Lipinski definition) is 5. The van der Waals surface area contributed by atoms with Crippen LogP contribution in [-0.2, 0) is 11.0 Å². The van der Waals surface area contributed by atoms with Crippen LogP contribution < -0.4 is 10.2 Å². The van der Waals surface area contributed by atoms with E-state index in [2.05, 4.69) is 15.5 Å². The summed E-state index contributed by atoms with van der Waals surface area (Å²) in [6, 6.07) is 8.88. The van der Waals surface area contributed by atoms with Crippen molar-refractivity contribution >= 4 is 23.5 Å². The number of hydrogen-bond donors (Lipinski definition) is 1. The molecule has 0 aliphatic carbocycles. The van der Waals surface area contributed by atoms with Gasteiger partial charge in [0.25, 0.3) is 5.91 Å². The van der Waals surface area contributed by atoms with Gasteiger partial charge in [0.1, 0.15) is 5.82 Å². The summed E-state index contributed by atoms with van der Waals surface area (Å²) in [5.74, 6) is -1.65. The first-order valence-corrected chi connectivity index (χ1v) is 9.08. The molecule has 0 radical (unpaired) electrons. The standard InChI is InChI=1S/C20H14F4N4O3/c21-14-5-7-15(8-6-14)28-10-12(9-16(28)29)18-26-27-19(31-18)25-17(30)11-1-3-13(4-2-11)20(22,23)24/h1-8,12H,9-10H2,(H,25,27,30)/t12-/m1/s1. The topological polar surface area (TPSA) is 88.3 Å². The average molecular weight is 434 g/mol. The van der Waals surface area contributed by atoms with Crippen LogP contribution >= 0.6 is 0 Å². The number of rotatable bonds is 4. The van der Waals surface area contributed by atoms with Gasteiger partial charge in [-0.15, -0.1) is 5.10 Å². The number of halogens is 4. The van der Waals surface area contributed by atoms with Crippen molar-refractivity contribution in [1.82, 2.24) is 10.2 Å². The zero-order valence-electron chi connectivity index (χ0n) is 15.7. The Labute approximate surface area is 172 Å². The number of nitrogens with zero attached hydrogens (tertiary/aromatic N) is 3. The molecule has 0 spiro atoms. The molecule has 2 heterocycles. The fourth-order valence-electron chi connectivity index (χ4n) is 3.17. The van der Waals surface area contributed by atoms with Gasteiger partial charge in [0.15, 0.2) is 0 Å². The van der Waals surface area contributed by atoms with E-state index in [1.54, 1.807) is 0 Å². The fraction of sp³-hybridized carbons (Fsp3) is 0.200. The zero-order valence-corrected chi connectivity index (χ0v) is 15.7. The van der Waals surface area contributed by atoms with E-state index >= 15 is 0 Å². The highest BCUT2D eigenvalue weighted by molar-refractivity contribution is 6.03. The number of carbonyl (C=O) groups excluding carboxylic acids is 2. The molecule has 1 aliphatic rings. The highest BCUT2D eigenvalue weighted by Crippen LogP contribution is 2.32. The van der Waals surface area contributed by atoms with Gasteiger partial charge in [0.05, 0.1) is 11.5 Å². The predicted octanol–water partition coefficient (Wildman–Crippen LogP) is 4.00. The largest absolute Gasteiger partial charge is 0.416 e. The van der Waals surface area contributed by atoms with Crippen LogP contribution in [0.4, 0.5) is 29.3 Å². The van der Waals surface area contributed by atoms with E-state index in [-0.39, 0.29) is 36.3 Å². The first kappa shape index (κ1) is 20.5. The van der Waals surface area contributed by atoms with E-state index in [0.717, 1.165) is 24.3 Å². The average Bonchev–Trinajstić information content (AvgIpc) is 3.34. The van der Waals surface area contributed by atoms with Crippen LogP contribution in [0, 0.1) is 5.82 Å². The third-order valence-electron chi connectivity index (χ3n) is 4.75. The third-order valence-corrected chi connectivity index (χ3v) is 4.75. The molecule has 1 atom stereocenters. The Hall–Kier alpha value is -3.76. The third kappa shape index (κ3) is 4.39. The van der Waals surface area contributed by atoms with Crippen molar-refractivity contribution in [2.45, 2.75) is 18.5 Å². The van der Waals surface area contributed by atoms with Crippen LogP contribution in [-0.4, -0.2) is 28.6 Å². The molecule has 1 fully saturated rings. The van der Waals surface area contributed by atoms with E-state index in [9.17, 15) is 27.2 Å². The minimum Gasteiger partial charge on any atom is -0.407 e. The fourth-order valence-corrected chi connectivity index (χ4v) is 3.17. The smallest absolute Gasteiger partial charge is 0.407 e. The maximum absolute atomic E-state index is 13.1. The Morgan fingerprint density at radius 1 is 1.06 bits per heavy atom. The summed E-state index contributed by atoms with van der Waals surface area (Å²) >= 11 is 0. The van der Waals surface area contributed by atoms with Crippen LogP contribution in [0.1, 0.15) is 34.2 Å². The second kappa shape index (κ2) is 7.82. The minimum absolute atomic E-state index is 0.0220. The number of nitrogens with one attached hydrogen (secondary N) is 1. The van der Waals surface area contributed by atoms with Gasteiger partial charge in [0.2, 0.25) is 11.8 Å². The van der Waals surface area contributed by atoms with Gasteiger partial charge in [0, 0.05) is 24.2 Å². The maximum atomic E-state index is 13.1. The van der Waals surface area contributed by atoms with Crippen LogP contribution in [0.3, 0.4) is 0 Å². The number of benzene rings is 2. The Morgan fingerprint density at radius 3 is 2.39 bits per heavy atom. The lowest BCUT2D eigenvalue weighted by molar-refractivity contribution is -0.137. The summed E-state index contributed by atoms with van der Waals surface area (Å²) in [5, 5.41) is 9.88. The van der Waals surface area contributed by atoms with Crippen molar-refractivity contribution in [2.75, 3.05) is 16.8 Å². The normalized spacial score (nSPS) is 16.6. The number of carbonyl (C=O) groups is 2. The van der Waals surface area contributed by atoms with Gasteiger partial charge < -0.3 is 9.32 Å². The van der Waals surface area contributed by atoms with Crippen molar-refractivity contribution in [1.29, 1.82) is 0 Å². The zero-order chi connectivity index (χ0) is 22.2. The van der Waals surface area contributed by atoms with Crippen LogP contribution in [0.2, 0.25) is 0 Å². The Balaban J connectivity index is 1.42. The highest BCUT2D eigenvalue weighted by Gasteiger charge is 2.35. The number of aromatic nitrogens is 2. The predicted molar refractivity (Wildman–Crippen MR) is 99.8 cm³/mol. The number of amides is 2. The van der Waals surface area contributed by atoms with E-state index in [0.29, 0.717) is 5.69 Å². The number of alkyl halides is 3. The first-order chi connectivity index (χ1) is 14.7. The maximum Gasteiger partial charge on any atom is 0.416 e. The summed E-state index contributed by atoms with van der Waals surface area (Å²) < 4.78 is 56.4. The van der Waals surface area contributed by atoms with Crippen molar-refractivity contribution < 1.29 is 31.6 Å². The van der Waals surface area contributed by atoms with E-state index < -0.39 is 29.4 Å². The molecule has 1 saturated heterocycles. The first-order valence-electron chi connectivity index (χ1n) is 9.08. The molecule has 31 heavy (non-hydrogen) atoms. The molecule has 11 heteroatoms. The lowest BCUT2D eigenvalue weighted by Crippen LogP contribution is -2.24. The molecule has 1 N–H and O–H groups in total. The second-order valence-corrected chi connectivity index (χ2v) is 6.86. The molecule has 4 rings (SSSR count). The van der Waals surface area contributed by atoms with Gasteiger partial charge in [-0.25, -0.2) is 4.39 Å². The van der Waals surface area contributed by atoms with Crippen LogP contribution in [0.25, 0.3) is 0 Å². The van der Waals surface area contributed by atoms with E-state index in [1.807, 2.05) is 0 Å². The molecule has 3 aromatic rings. The molecule has 0 unspecified atom stereocenters. The van der Waals surface area contributed by atoms with E-state index in [4.69, 9.17) is 4.42 Å². The molecule has 2 amide bonds. The summed E-state index contributed by atoms with van der Waals surface area (Å²) in [5.41, 5.74) is -0.365. The Morgan fingerprint density at radius 2 is 1.74 bits per heavy atom. The molecule has 0 bridgehead atoms. The second-order valence-electron chi connectivity index (χ2n) is 6.86. The summed E-state index contributed by atoms with van der Waals surface area (Å²) in [6.07, 6.45) is -4.41. The summed E-state index contributed by atoms with van der Waals surface area (Å²) in [6.45, 7) is 0.235. The molecular weight excluding hydrogens is 420 g/mol. The lowest BCUT2D eigenvalue weighted by Gasteiger charge is -2.15. The van der Waals surface area contributed by atoms with Crippen LogP contribution in [0.15, 0.2) is 52.9 Å². The lowest BCUT2D eigenvalue weighted by atomic mass is 10.1. The molecule has 0 saturated carbocycles. The molecule has 1 aromatic heterocycles. The Bertz CT molecular complexity index is 1110. The quantitative estimate of drug-likeness (QED) is 0.627.